The van der Waals surface area contributed by atoms with Crippen LogP contribution in [0.2, 0.25) is 5.02 Å². The lowest BCUT2D eigenvalue weighted by atomic mass is 10.0. The Balaban J connectivity index is 2.44. The van der Waals surface area contributed by atoms with E-state index in [1.54, 1.807) is 0 Å². The highest BCUT2D eigenvalue weighted by molar-refractivity contribution is 6.33. The number of hydrogen-bond donors (Lipinski definition) is 0. The molecule has 18 heavy (non-hydrogen) atoms. The zero-order chi connectivity index (χ0) is 13.3. The van der Waals surface area contributed by atoms with Crippen LogP contribution < -0.4 is 0 Å². The fourth-order valence-electron chi connectivity index (χ4n) is 1.57. The molecule has 0 saturated carbocycles. The summed E-state index contributed by atoms with van der Waals surface area (Å²) in [5.74, 6) is -2.58. The summed E-state index contributed by atoms with van der Waals surface area (Å²) in [4.78, 5) is 0. The molecule has 0 bridgehead atoms. The molecule has 2 aromatic carbocycles. The van der Waals surface area contributed by atoms with Gasteiger partial charge in [-0.2, -0.15) is 0 Å². The van der Waals surface area contributed by atoms with Crippen molar-refractivity contribution in [3.05, 3.63) is 70.0 Å². The van der Waals surface area contributed by atoms with Gasteiger partial charge in [0, 0.05) is 0 Å². The van der Waals surface area contributed by atoms with Crippen LogP contribution in [0.4, 0.5) is 13.2 Å². The third kappa shape index (κ3) is 2.47. The van der Waals surface area contributed by atoms with Crippen molar-refractivity contribution >= 4 is 23.2 Å². The Morgan fingerprint density at radius 2 is 1.61 bits per heavy atom. The van der Waals surface area contributed by atoms with E-state index in [4.69, 9.17) is 23.2 Å². The summed E-state index contributed by atoms with van der Waals surface area (Å²) >= 11 is 11.9. The van der Waals surface area contributed by atoms with Gasteiger partial charge in [0.25, 0.3) is 0 Å². The van der Waals surface area contributed by atoms with Gasteiger partial charge in [-0.25, -0.2) is 13.2 Å². The van der Waals surface area contributed by atoms with Crippen LogP contribution in [-0.4, -0.2) is 0 Å². The molecule has 5 heteroatoms. The fraction of sp³-hybridized carbons (Fsp3) is 0.0769. The Kier molecular flexibility index (Phi) is 3.83. The van der Waals surface area contributed by atoms with Crippen LogP contribution in [-0.2, 0) is 0 Å². The van der Waals surface area contributed by atoms with E-state index < -0.39 is 22.8 Å². The first-order valence-electron chi connectivity index (χ1n) is 5.03. The summed E-state index contributed by atoms with van der Waals surface area (Å²) in [5, 5.41) is -0.967. The molecule has 0 aliphatic rings. The second-order valence-corrected chi connectivity index (χ2v) is 4.49. The van der Waals surface area contributed by atoms with Crippen LogP contribution in [0.1, 0.15) is 16.5 Å². The van der Waals surface area contributed by atoms with E-state index >= 15 is 0 Å². The van der Waals surface area contributed by atoms with Crippen LogP contribution in [0, 0.1) is 17.5 Å². The van der Waals surface area contributed by atoms with Crippen molar-refractivity contribution in [3.8, 4) is 0 Å². The number of hydrogen-bond acceptors (Lipinski definition) is 0. The first kappa shape index (κ1) is 13.2. The van der Waals surface area contributed by atoms with E-state index in [1.165, 1.54) is 24.3 Å². The van der Waals surface area contributed by atoms with E-state index in [-0.39, 0.29) is 5.02 Å². The summed E-state index contributed by atoms with van der Waals surface area (Å²) in [6.07, 6.45) is 0. The monoisotopic (exact) mass is 290 g/mol. The highest BCUT2D eigenvalue weighted by atomic mass is 35.5. The molecular weight excluding hydrogens is 284 g/mol. The molecule has 0 nitrogen and oxygen atoms in total. The Morgan fingerprint density at radius 3 is 2.28 bits per heavy atom. The summed E-state index contributed by atoms with van der Waals surface area (Å²) in [6, 6.07) is 7.44. The van der Waals surface area contributed by atoms with Crippen LogP contribution >= 0.6 is 23.2 Å². The molecule has 0 amide bonds. The van der Waals surface area contributed by atoms with Crippen molar-refractivity contribution in [1.82, 2.24) is 0 Å². The van der Waals surface area contributed by atoms with Crippen molar-refractivity contribution in [2.75, 3.05) is 0 Å². The molecule has 1 unspecified atom stereocenters. The second-order valence-electron chi connectivity index (χ2n) is 3.68. The summed E-state index contributed by atoms with van der Waals surface area (Å²) in [5.41, 5.74) is 0.618. The van der Waals surface area contributed by atoms with E-state index in [9.17, 15) is 13.2 Å². The molecule has 2 aromatic rings. The minimum Gasteiger partial charge on any atom is -0.205 e. The number of rotatable bonds is 2. The van der Waals surface area contributed by atoms with Crippen LogP contribution in [0.15, 0.2) is 36.4 Å². The van der Waals surface area contributed by atoms with Gasteiger partial charge in [-0.1, -0.05) is 29.8 Å². The van der Waals surface area contributed by atoms with E-state index in [1.807, 2.05) is 0 Å². The smallest absolute Gasteiger partial charge is 0.159 e. The highest BCUT2D eigenvalue weighted by Crippen LogP contribution is 2.35. The van der Waals surface area contributed by atoms with Gasteiger partial charge >= 0.3 is 0 Å². The minimum absolute atomic E-state index is 0.123. The minimum atomic E-state index is -1.01. The summed E-state index contributed by atoms with van der Waals surface area (Å²) < 4.78 is 39.2. The van der Waals surface area contributed by atoms with Gasteiger partial charge in [0.2, 0.25) is 0 Å². The molecule has 2 rings (SSSR count). The quantitative estimate of drug-likeness (QED) is 0.676. The molecule has 1 atom stereocenters. The molecule has 0 aliphatic heterocycles. The maximum atomic E-state index is 13.3. The fourth-order valence-corrected chi connectivity index (χ4v) is 2.17. The van der Waals surface area contributed by atoms with Gasteiger partial charge in [0.05, 0.1) is 10.4 Å². The van der Waals surface area contributed by atoms with Gasteiger partial charge in [0.15, 0.2) is 11.6 Å². The summed E-state index contributed by atoms with van der Waals surface area (Å²) in [7, 11) is 0. The predicted molar refractivity (Wildman–Crippen MR) is 65.5 cm³/mol. The van der Waals surface area contributed by atoms with Crippen LogP contribution in [0.25, 0.3) is 0 Å². The average molecular weight is 291 g/mol. The molecule has 0 spiro atoms. The normalized spacial score (nSPS) is 12.5. The Morgan fingerprint density at radius 1 is 0.889 bits per heavy atom. The zero-order valence-corrected chi connectivity index (χ0v) is 10.4. The lowest BCUT2D eigenvalue weighted by Crippen LogP contribution is -1.97. The average Bonchev–Trinajstić information content (AvgIpc) is 2.35. The first-order valence-corrected chi connectivity index (χ1v) is 5.85. The van der Waals surface area contributed by atoms with E-state index in [0.717, 1.165) is 12.1 Å². The van der Waals surface area contributed by atoms with Crippen molar-refractivity contribution in [2.45, 2.75) is 5.38 Å². The van der Waals surface area contributed by atoms with Crippen molar-refractivity contribution in [3.63, 3.8) is 0 Å². The lowest BCUT2D eigenvalue weighted by molar-refractivity contribution is 0.507. The molecule has 0 aliphatic carbocycles. The molecule has 0 radical (unpaired) electrons. The van der Waals surface area contributed by atoms with Crippen LogP contribution in [0.3, 0.4) is 0 Å². The van der Waals surface area contributed by atoms with Gasteiger partial charge < -0.3 is 0 Å². The Hall–Kier alpha value is -1.19. The van der Waals surface area contributed by atoms with Crippen molar-refractivity contribution < 1.29 is 13.2 Å². The third-order valence-electron chi connectivity index (χ3n) is 2.49. The number of benzene rings is 2. The molecule has 0 aromatic heterocycles. The SMILES string of the molecule is Fc1ccc(C(Cl)c2cccc(F)c2Cl)cc1F. The maximum absolute atomic E-state index is 13.3. The Labute approximate surface area is 112 Å². The molecule has 0 heterocycles. The maximum Gasteiger partial charge on any atom is 0.159 e. The van der Waals surface area contributed by atoms with Crippen molar-refractivity contribution in [1.29, 1.82) is 0 Å². The predicted octanol–water partition coefficient (Wildman–Crippen LogP) is 5.09. The van der Waals surface area contributed by atoms with Gasteiger partial charge in [-0.05, 0) is 29.3 Å². The van der Waals surface area contributed by atoms with Gasteiger partial charge in [0.1, 0.15) is 5.82 Å². The zero-order valence-electron chi connectivity index (χ0n) is 8.93. The van der Waals surface area contributed by atoms with Gasteiger partial charge in [-0.3, -0.25) is 0 Å². The third-order valence-corrected chi connectivity index (χ3v) is 3.38. The molecular formula is C13H7Cl2F3. The van der Waals surface area contributed by atoms with E-state index in [0.29, 0.717) is 11.1 Å². The van der Waals surface area contributed by atoms with E-state index in [2.05, 4.69) is 0 Å². The molecule has 0 fully saturated rings. The number of halogens is 5. The largest absolute Gasteiger partial charge is 0.205 e. The lowest BCUT2D eigenvalue weighted by Gasteiger charge is -2.12. The van der Waals surface area contributed by atoms with Crippen molar-refractivity contribution in [2.24, 2.45) is 0 Å². The molecule has 0 N–H and O–H groups in total. The topological polar surface area (TPSA) is 0 Å². The molecule has 94 valence electrons. The standard InChI is InChI=1S/C13H7Cl2F3/c14-12(7-4-5-9(16)11(18)6-7)8-2-1-3-10(17)13(8)15/h1-6,12H. The molecule has 0 saturated heterocycles. The first-order chi connectivity index (χ1) is 8.50. The Bertz CT molecular complexity index is 584. The summed E-state index contributed by atoms with van der Waals surface area (Å²) in [6.45, 7) is 0. The van der Waals surface area contributed by atoms with Crippen LogP contribution in [0.5, 0.6) is 0 Å². The second kappa shape index (κ2) is 5.21. The van der Waals surface area contributed by atoms with Gasteiger partial charge in [-0.15, -0.1) is 11.6 Å². The number of alkyl halides is 1. The highest BCUT2D eigenvalue weighted by Gasteiger charge is 2.17.